The highest BCUT2D eigenvalue weighted by Crippen LogP contribution is 2.24. The molecule has 0 spiro atoms. The molecule has 0 aromatic heterocycles. The van der Waals surface area contributed by atoms with E-state index < -0.39 is 12.1 Å². The Hall–Kier alpha value is -2.24. The Labute approximate surface area is 124 Å². The molecule has 21 heavy (non-hydrogen) atoms. The van der Waals surface area contributed by atoms with E-state index in [0.717, 1.165) is 23.6 Å². The van der Waals surface area contributed by atoms with Crippen molar-refractivity contribution in [3.63, 3.8) is 0 Å². The minimum absolute atomic E-state index is 0.498. The third kappa shape index (κ3) is 3.65. The molecule has 0 aliphatic carbocycles. The summed E-state index contributed by atoms with van der Waals surface area (Å²) in [5.41, 5.74) is 1.56. The fraction of sp³-hybridized carbons (Fsp3) is 0.467. The Kier molecular flexibility index (Phi) is 5.03. The van der Waals surface area contributed by atoms with E-state index in [2.05, 4.69) is 22.1 Å². The maximum Gasteiger partial charge on any atom is 0.375 e. The monoisotopic (exact) mass is 288 g/mol. The van der Waals surface area contributed by atoms with Gasteiger partial charge in [-0.3, -0.25) is 0 Å². The van der Waals surface area contributed by atoms with E-state index in [-0.39, 0.29) is 0 Å². The summed E-state index contributed by atoms with van der Waals surface area (Å²) in [6.07, 6.45) is 4.89. The zero-order valence-corrected chi connectivity index (χ0v) is 12.5. The fourth-order valence-corrected chi connectivity index (χ4v) is 2.24. The highest BCUT2D eigenvalue weighted by atomic mass is 16.2. The van der Waals surface area contributed by atoms with Gasteiger partial charge in [-0.2, -0.15) is 0 Å². The van der Waals surface area contributed by atoms with Gasteiger partial charge in [0.2, 0.25) is 0 Å². The molecule has 0 radical (unpaired) electrons. The number of carbonyl (C=O) groups is 2. The molecule has 0 saturated heterocycles. The lowest BCUT2D eigenvalue weighted by Crippen LogP contribution is -2.27. The number of hydrogen-bond donors (Lipinski definition) is 0. The van der Waals surface area contributed by atoms with Crippen LogP contribution in [0.4, 0.5) is 21.0 Å². The first-order chi connectivity index (χ1) is 10.1. The molecule has 1 aromatic rings. The minimum Gasteiger partial charge on any atom is -0.375 e. The maximum atomic E-state index is 11.4. The van der Waals surface area contributed by atoms with Gasteiger partial charge in [-0.15, -0.1) is 0 Å². The van der Waals surface area contributed by atoms with E-state index in [9.17, 15) is 9.59 Å². The van der Waals surface area contributed by atoms with Gasteiger partial charge in [-0.1, -0.05) is 36.4 Å². The summed E-state index contributed by atoms with van der Waals surface area (Å²) >= 11 is 0. The van der Waals surface area contributed by atoms with E-state index >= 15 is 0 Å². The number of urea groups is 2. The van der Waals surface area contributed by atoms with Gasteiger partial charge in [0.15, 0.2) is 0 Å². The summed E-state index contributed by atoms with van der Waals surface area (Å²) in [5, 5.41) is 6.49. The number of azo groups is 1. The first-order valence-corrected chi connectivity index (χ1v) is 7.24. The average Bonchev–Trinajstić information content (AvgIpc) is 2.83. The summed E-state index contributed by atoms with van der Waals surface area (Å²) in [6.45, 7) is 3.19. The summed E-state index contributed by atoms with van der Waals surface area (Å²) in [4.78, 5) is 26.0. The number of unbranched alkanes of at least 4 members (excludes halogenated alkanes) is 3. The summed E-state index contributed by atoms with van der Waals surface area (Å²) in [6, 6.07) is 6.00. The molecule has 0 bridgehead atoms. The van der Waals surface area contributed by atoms with E-state index in [1.54, 1.807) is 12.1 Å². The van der Waals surface area contributed by atoms with E-state index in [0.29, 0.717) is 5.69 Å². The fourth-order valence-electron chi connectivity index (χ4n) is 2.24. The molecule has 112 valence electrons. The zero-order chi connectivity index (χ0) is 15.2. The largest absolute Gasteiger partial charge is 0.375 e. The quantitative estimate of drug-likeness (QED) is 0.706. The van der Waals surface area contributed by atoms with Gasteiger partial charge < -0.3 is 4.90 Å². The molecular weight excluding hydrogens is 268 g/mol. The lowest BCUT2D eigenvalue weighted by molar-refractivity contribution is 0.249. The van der Waals surface area contributed by atoms with Crippen molar-refractivity contribution in [3.05, 3.63) is 24.3 Å². The van der Waals surface area contributed by atoms with Gasteiger partial charge in [0.1, 0.15) is 0 Å². The molecule has 2 rings (SSSR count). The SMILES string of the molecule is CCCCCCN(C)c1ccc(N2C(=O)N=NC2=O)cc1. The first-order valence-electron chi connectivity index (χ1n) is 7.24. The molecule has 1 aliphatic rings. The van der Waals surface area contributed by atoms with Crippen LogP contribution >= 0.6 is 0 Å². The van der Waals surface area contributed by atoms with Crippen LogP contribution in [0.15, 0.2) is 34.5 Å². The molecule has 1 aliphatic heterocycles. The van der Waals surface area contributed by atoms with Crippen LogP contribution < -0.4 is 9.80 Å². The predicted octanol–water partition coefficient (Wildman–Crippen LogP) is 4.22. The molecule has 1 heterocycles. The van der Waals surface area contributed by atoms with Crippen LogP contribution in [0.1, 0.15) is 32.6 Å². The average molecular weight is 288 g/mol. The summed E-state index contributed by atoms with van der Waals surface area (Å²) < 4.78 is 0. The van der Waals surface area contributed by atoms with Crippen molar-refractivity contribution in [2.45, 2.75) is 32.6 Å². The van der Waals surface area contributed by atoms with Crippen molar-refractivity contribution >= 4 is 23.4 Å². The molecule has 0 unspecified atom stereocenters. The second kappa shape index (κ2) is 6.97. The third-order valence-electron chi connectivity index (χ3n) is 3.50. The van der Waals surface area contributed by atoms with Crippen LogP contribution in [0, 0.1) is 0 Å². The number of carbonyl (C=O) groups excluding carboxylic acids is 2. The Morgan fingerprint density at radius 3 is 2.19 bits per heavy atom. The number of hydrogen-bond acceptors (Lipinski definition) is 3. The summed E-state index contributed by atoms with van der Waals surface area (Å²) in [5.74, 6) is 0. The number of nitrogens with zero attached hydrogens (tertiary/aromatic N) is 4. The highest BCUT2D eigenvalue weighted by Gasteiger charge is 2.28. The van der Waals surface area contributed by atoms with E-state index in [1.807, 2.05) is 19.2 Å². The minimum atomic E-state index is -0.638. The van der Waals surface area contributed by atoms with Crippen LogP contribution in [0.5, 0.6) is 0 Å². The second-order valence-corrected chi connectivity index (χ2v) is 5.10. The van der Waals surface area contributed by atoms with Crippen LogP contribution in [-0.2, 0) is 0 Å². The molecule has 6 heteroatoms. The normalized spacial score (nSPS) is 14.1. The highest BCUT2D eigenvalue weighted by molar-refractivity contribution is 6.17. The number of anilines is 2. The number of imide groups is 1. The molecule has 0 fully saturated rings. The van der Waals surface area contributed by atoms with Crippen LogP contribution in [0.3, 0.4) is 0 Å². The van der Waals surface area contributed by atoms with Crippen molar-refractivity contribution in [3.8, 4) is 0 Å². The topological polar surface area (TPSA) is 65.3 Å². The number of rotatable bonds is 7. The standard InChI is InChI=1S/C15H20N4O2/c1-3-4-5-6-11-18(2)12-7-9-13(10-8-12)19-14(20)16-17-15(19)21/h7-10H,3-6,11H2,1-2H3. The molecule has 0 saturated carbocycles. The molecule has 6 nitrogen and oxygen atoms in total. The Bertz CT molecular complexity index is 521. The lowest BCUT2D eigenvalue weighted by Gasteiger charge is -2.20. The van der Waals surface area contributed by atoms with Gasteiger partial charge in [0.25, 0.3) is 0 Å². The van der Waals surface area contributed by atoms with Crippen LogP contribution in [-0.4, -0.2) is 25.7 Å². The van der Waals surface area contributed by atoms with Gasteiger partial charge in [-0.25, -0.2) is 14.5 Å². The van der Waals surface area contributed by atoms with Crippen molar-refractivity contribution in [2.24, 2.45) is 10.2 Å². The smallest absolute Gasteiger partial charge is 0.375 e. The van der Waals surface area contributed by atoms with Crippen LogP contribution in [0.25, 0.3) is 0 Å². The summed E-state index contributed by atoms with van der Waals surface area (Å²) in [7, 11) is 2.04. The van der Waals surface area contributed by atoms with Gasteiger partial charge >= 0.3 is 12.1 Å². The first kappa shape index (κ1) is 15.2. The van der Waals surface area contributed by atoms with E-state index in [4.69, 9.17) is 0 Å². The molecule has 1 aromatic carbocycles. The number of amides is 4. The second-order valence-electron chi connectivity index (χ2n) is 5.10. The van der Waals surface area contributed by atoms with Crippen molar-refractivity contribution < 1.29 is 9.59 Å². The van der Waals surface area contributed by atoms with Crippen LogP contribution in [0.2, 0.25) is 0 Å². The predicted molar refractivity (Wildman–Crippen MR) is 82.0 cm³/mol. The molecule has 0 atom stereocenters. The van der Waals surface area contributed by atoms with Crippen molar-refractivity contribution in [1.29, 1.82) is 0 Å². The zero-order valence-electron chi connectivity index (χ0n) is 12.5. The van der Waals surface area contributed by atoms with Crippen molar-refractivity contribution in [2.75, 3.05) is 23.4 Å². The Morgan fingerprint density at radius 2 is 1.62 bits per heavy atom. The molecule has 0 N–H and O–H groups in total. The molecular formula is C15H20N4O2. The molecule has 4 amide bonds. The van der Waals surface area contributed by atoms with E-state index in [1.165, 1.54) is 19.3 Å². The Morgan fingerprint density at radius 1 is 1.00 bits per heavy atom. The maximum absolute atomic E-state index is 11.4. The van der Waals surface area contributed by atoms with Gasteiger partial charge in [-0.05, 0) is 30.7 Å². The van der Waals surface area contributed by atoms with Crippen molar-refractivity contribution in [1.82, 2.24) is 0 Å². The Balaban J connectivity index is 1.95. The lowest BCUT2D eigenvalue weighted by atomic mass is 10.2. The van der Waals surface area contributed by atoms with Gasteiger partial charge in [0.05, 0.1) is 5.69 Å². The third-order valence-corrected chi connectivity index (χ3v) is 3.50. The number of benzene rings is 1. The van der Waals surface area contributed by atoms with Gasteiger partial charge in [0, 0.05) is 19.3 Å².